The highest BCUT2D eigenvalue weighted by Gasteiger charge is 2.05. The Morgan fingerprint density at radius 2 is 1.89 bits per heavy atom. The molecule has 2 heterocycles. The van der Waals surface area contributed by atoms with Crippen molar-refractivity contribution >= 4 is 38.3 Å². The van der Waals surface area contributed by atoms with E-state index in [4.69, 9.17) is 0 Å². The highest BCUT2D eigenvalue weighted by molar-refractivity contribution is 9.10. The zero-order valence-electron chi connectivity index (χ0n) is 10.4. The van der Waals surface area contributed by atoms with E-state index >= 15 is 0 Å². The Morgan fingerprint density at radius 1 is 1.05 bits per heavy atom. The Kier molecular flexibility index (Phi) is 3.17. The van der Waals surface area contributed by atoms with E-state index in [1.165, 1.54) is 5.56 Å². The molecule has 0 saturated heterocycles. The van der Waals surface area contributed by atoms with Crippen molar-refractivity contribution in [2.45, 2.75) is 6.92 Å². The molecule has 19 heavy (non-hydrogen) atoms. The number of anilines is 2. The Labute approximate surface area is 119 Å². The summed E-state index contributed by atoms with van der Waals surface area (Å²) >= 11 is 3.41. The van der Waals surface area contributed by atoms with Crippen LogP contribution in [0.25, 0.3) is 11.0 Å². The van der Waals surface area contributed by atoms with Crippen molar-refractivity contribution in [2.75, 3.05) is 5.32 Å². The van der Waals surface area contributed by atoms with Gasteiger partial charge in [0, 0.05) is 22.6 Å². The molecule has 1 N–H and O–H groups in total. The number of rotatable bonds is 2. The number of halogens is 1. The van der Waals surface area contributed by atoms with Crippen LogP contribution in [0.3, 0.4) is 0 Å². The van der Waals surface area contributed by atoms with Crippen molar-refractivity contribution in [3.8, 4) is 0 Å². The van der Waals surface area contributed by atoms with Crippen LogP contribution in [-0.2, 0) is 0 Å². The first kappa shape index (κ1) is 12.1. The molecular weight excluding hydrogens is 302 g/mol. The summed E-state index contributed by atoms with van der Waals surface area (Å²) in [5.41, 5.74) is 4.98. The lowest BCUT2D eigenvalue weighted by atomic mass is 10.2. The first-order valence-electron chi connectivity index (χ1n) is 5.97. The largest absolute Gasteiger partial charge is 0.353 e. The topological polar surface area (TPSA) is 37.8 Å². The monoisotopic (exact) mass is 313 g/mol. The predicted octanol–water partition coefficient (Wildman–Crippen LogP) is 4.44. The fourth-order valence-electron chi connectivity index (χ4n) is 1.96. The van der Waals surface area contributed by atoms with Crippen LogP contribution in [0.1, 0.15) is 5.56 Å². The number of nitrogens with one attached hydrogen (secondary N) is 1. The summed E-state index contributed by atoms with van der Waals surface area (Å²) in [5, 5.41) is 3.42. The summed E-state index contributed by atoms with van der Waals surface area (Å²) in [4.78, 5) is 8.77. The molecule has 0 amide bonds. The van der Waals surface area contributed by atoms with Crippen LogP contribution >= 0.6 is 15.9 Å². The second kappa shape index (κ2) is 4.97. The molecule has 0 unspecified atom stereocenters. The second-order valence-corrected chi connectivity index (χ2v) is 5.24. The number of nitrogens with zero attached hydrogens (tertiary/aromatic N) is 2. The molecule has 0 aliphatic rings. The summed E-state index contributed by atoms with van der Waals surface area (Å²) in [7, 11) is 0. The van der Waals surface area contributed by atoms with Gasteiger partial charge in [-0.1, -0.05) is 18.2 Å². The third kappa shape index (κ3) is 2.44. The van der Waals surface area contributed by atoms with E-state index in [1.54, 1.807) is 12.4 Å². The predicted molar refractivity (Wildman–Crippen MR) is 81.7 cm³/mol. The standard InChI is InChI=1S/C15H12BrN3/c1-10-4-2-3-5-12(10)19-13-6-7-17-14-8-11(16)9-18-15(13)14/h2-9H,1H3,(H,17,19). The number of pyridine rings is 2. The van der Waals surface area contributed by atoms with Gasteiger partial charge in [-0.3, -0.25) is 9.97 Å². The molecule has 0 fully saturated rings. The minimum Gasteiger partial charge on any atom is -0.353 e. The molecule has 3 rings (SSSR count). The zero-order valence-corrected chi connectivity index (χ0v) is 12.0. The molecular formula is C15H12BrN3. The molecule has 94 valence electrons. The summed E-state index contributed by atoms with van der Waals surface area (Å²) in [6.45, 7) is 2.08. The van der Waals surface area contributed by atoms with E-state index in [1.807, 2.05) is 24.3 Å². The number of aryl methyl sites for hydroxylation is 1. The van der Waals surface area contributed by atoms with Crippen molar-refractivity contribution in [2.24, 2.45) is 0 Å². The van der Waals surface area contributed by atoms with Gasteiger partial charge in [0.1, 0.15) is 5.52 Å². The Morgan fingerprint density at radius 3 is 2.74 bits per heavy atom. The molecule has 4 heteroatoms. The van der Waals surface area contributed by atoms with Gasteiger partial charge in [-0.15, -0.1) is 0 Å². The van der Waals surface area contributed by atoms with Crippen molar-refractivity contribution in [3.63, 3.8) is 0 Å². The van der Waals surface area contributed by atoms with Crippen molar-refractivity contribution in [3.05, 3.63) is 58.8 Å². The summed E-state index contributed by atoms with van der Waals surface area (Å²) in [5.74, 6) is 0. The van der Waals surface area contributed by atoms with Crippen LogP contribution in [0.5, 0.6) is 0 Å². The quantitative estimate of drug-likeness (QED) is 0.759. The number of aromatic nitrogens is 2. The normalized spacial score (nSPS) is 10.6. The lowest BCUT2D eigenvalue weighted by Crippen LogP contribution is -1.95. The Hall–Kier alpha value is -1.94. The van der Waals surface area contributed by atoms with Crippen LogP contribution in [0.15, 0.2) is 53.3 Å². The van der Waals surface area contributed by atoms with Crippen LogP contribution < -0.4 is 5.32 Å². The first-order valence-corrected chi connectivity index (χ1v) is 6.76. The van der Waals surface area contributed by atoms with E-state index in [2.05, 4.69) is 50.3 Å². The van der Waals surface area contributed by atoms with E-state index < -0.39 is 0 Å². The van der Waals surface area contributed by atoms with Gasteiger partial charge in [0.25, 0.3) is 0 Å². The van der Waals surface area contributed by atoms with Gasteiger partial charge in [0.2, 0.25) is 0 Å². The van der Waals surface area contributed by atoms with E-state index in [0.29, 0.717) is 0 Å². The lowest BCUT2D eigenvalue weighted by molar-refractivity contribution is 1.31. The summed E-state index contributed by atoms with van der Waals surface area (Å²) in [6, 6.07) is 12.1. The van der Waals surface area contributed by atoms with Gasteiger partial charge in [-0.05, 0) is 46.6 Å². The molecule has 0 bridgehead atoms. The number of fused-ring (bicyclic) bond motifs is 1. The fraction of sp³-hybridized carbons (Fsp3) is 0.0667. The SMILES string of the molecule is Cc1ccccc1Nc1ccnc2cc(Br)cnc12. The maximum absolute atomic E-state index is 4.43. The molecule has 3 aromatic rings. The van der Waals surface area contributed by atoms with Gasteiger partial charge in [-0.2, -0.15) is 0 Å². The van der Waals surface area contributed by atoms with Crippen LogP contribution in [0.4, 0.5) is 11.4 Å². The van der Waals surface area contributed by atoms with Gasteiger partial charge >= 0.3 is 0 Å². The van der Waals surface area contributed by atoms with E-state index in [-0.39, 0.29) is 0 Å². The summed E-state index contributed by atoms with van der Waals surface area (Å²) < 4.78 is 0.931. The van der Waals surface area contributed by atoms with Gasteiger partial charge in [0.15, 0.2) is 0 Å². The van der Waals surface area contributed by atoms with Crippen LogP contribution in [0, 0.1) is 6.92 Å². The number of hydrogen-bond acceptors (Lipinski definition) is 3. The number of benzene rings is 1. The number of hydrogen-bond donors (Lipinski definition) is 1. The molecule has 3 nitrogen and oxygen atoms in total. The smallest absolute Gasteiger partial charge is 0.112 e. The van der Waals surface area contributed by atoms with Crippen molar-refractivity contribution < 1.29 is 0 Å². The fourth-order valence-corrected chi connectivity index (χ4v) is 2.28. The maximum atomic E-state index is 4.43. The van der Waals surface area contributed by atoms with Crippen LogP contribution in [-0.4, -0.2) is 9.97 Å². The summed E-state index contributed by atoms with van der Waals surface area (Å²) in [6.07, 6.45) is 3.57. The van der Waals surface area contributed by atoms with Gasteiger partial charge in [0.05, 0.1) is 11.2 Å². The molecule has 0 aliphatic carbocycles. The highest BCUT2D eigenvalue weighted by atomic mass is 79.9. The molecule has 0 saturated carbocycles. The minimum atomic E-state index is 0.868. The lowest BCUT2D eigenvalue weighted by Gasteiger charge is -2.11. The van der Waals surface area contributed by atoms with E-state index in [0.717, 1.165) is 26.9 Å². The van der Waals surface area contributed by atoms with Crippen LogP contribution in [0.2, 0.25) is 0 Å². The van der Waals surface area contributed by atoms with Crippen molar-refractivity contribution in [1.29, 1.82) is 0 Å². The minimum absolute atomic E-state index is 0.868. The van der Waals surface area contributed by atoms with Crippen molar-refractivity contribution in [1.82, 2.24) is 9.97 Å². The molecule has 0 radical (unpaired) electrons. The molecule has 0 aliphatic heterocycles. The molecule has 0 spiro atoms. The maximum Gasteiger partial charge on any atom is 0.112 e. The second-order valence-electron chi connectivity index (χ2n) is 4.32. The Bertz CT molecular complexity index is 740. The van der Waals surface area contributed by atoms with E-state index in [9.17, 15) is 0 Å². The third-order valence-electron chi connectivity index (χ3n) is 2.96. The Balaban J connectivity index is 2.09. The highest BCUT2D eigenvalue weighted by Crippen LogP contribution is 2.26. The molecule has 2 aromatic heterocycles. The zero-order chi connectivity index (χ0) is 13.2. The molecule has 0 atom stereocenters. The van der Waals surface area contributed by atoms with Gasteiger partial charge < -0.3 is 5.32 Å². The first-order chi connectivity index (χ1) is 9.24. The van der Waals surface area contributed by atoms with Gasteiger partial charge in [-0.25, -0.2) is 0 Å². The average molecular weight is 314 g/mol. The number of para-hydroxylation sites is 1. The average Bonchev–Trinajstić information content (AvgIpc) is 2.41. The third-order valence-corrected chi connectivity index (χ3v) is 3.39. The molecule has 1 aromatic carbocycles.